The summed E-state index contributed by atoms with van der Waals surface area (Å²) in [4.78, 5) is 10.2. The molecule has 0 fully saturated rings. The van der Waals surface area contributed by atoms with Crippen LogP contribution in [0.1, 0.15) is 0 Å². The smallest absolute Gasteiger partial charge is 0.271 e. The van der Waals surface area contributed by atoms with E-state index in [2.05, 4.69) is 21.2 Å². The molecule has 2 rings (SSSR count). The molecular formula is C13H12BrN3O3. The quantitative estimate of drug-likeness (QED) is 0.504. The van der Waals surface area contributed by atoms with Crippen molar-refractivity contribution in [1.29, 1.82) is 0 Å². The first kappa shape index (κ1) is 14.1. The Morgan fingerprint density at radius 2 is 2.05 bits per heavy atom. The van der Waals surface area contributed by atoms with Crippen molar-refractivity contribution in [3.8, 4) is 5.75 Å². The van der Waals surface area contributed by atoms with Crippen LogP contribution in [0.2, 0.25) is 0 Å². The number of nitro groups is 1. The van der Waals surface area contributed by atoms with Gasteiger partial charge in [0.05, 0.1) is 27.9 Å². The van der Waals surface area contributed by atoms with Crippen LogP contribution in [0.5, 0.6) is 5.75 Å². The SMILES string of the molecule is COc1cc(Nc2ccc([N+](=O)[O-])cc2N)ccc1Br. The van der Waals surface area contributed by atoms with Crippen molar-refractivity contribution in [2.45, 2.75) is 0 Å². The number of non-ortho nitro benzene ring substituents is 1. The van der Waals surface area contributed by atoms with Crippen LogP contribution in [0.4, 0.5) is 22.7 Å². The Labute approximate surface area is 123 Å². The number of halogens is 1. The van der Waals surface area contributed by atoms with Gasteiger partial charge in [0.25, 0.3) is 5.69 Å². The summed E-state index contributed by atoms with van der Waals surface area (Å²) < 4.78 is 6.03. The highest BCUT2D eigenvalue weighted by Gasteiger charge is 2.09. The van der Waals surface area contributed by atoms with E-state index in [1.807, 2.05) is 12.1 Å². The summed E-state index contributed by atoms with van der Waals surface area (Å²) in [6, 6.07) is 9.76. The summed E-state index contributed by atoms with van der Waals surface area (Å²) in [6.45, 7) is 0. The van der Waals surface area contributed by atoms with Crippen LogP contribution in [0.15, 0.2) is 40.9 Å². The lowest BCUT2D eigenvalue weighted by molar-refractivity contribution is -0.384. The van der Waals surface area contributed by atoms with Gasteiger partial charge in [-0.05, 0) is 34.1 Å². The van der Waals surface area contributed by atoms with Crippen molar-refractivity contribution in [3.05, 3.63) is 51.0 Å². The molecule has 0 saturated carbocycles. The molecule has 20 heavy (non-hydrogen) atoms. The second kappa shape index (κ2) is 5.79. The molecule has 0 amide bonds. The Balaban J connectivity index is 2.28. The summed E-state index contributed by atoms with van der Waals surface area (Å²) in [5.41, 5.74) is 7.43. The molecule has 0 saturated heterocycles. The van der Waals surface area contributed by atoms with Crippen molar-refractivity contribution >= 4 is 38.7 Å². The minimum Gasteiger partial charge on any atom is -0.495 e. The van der Waals surface area contributed by atoms with E-state index in [1.165, 1.54) is 12.1 Å². The summed E-state index contributed by atoms with van der Waals surface area (Å²) in [7, 11) is 1.57. The Morgan fingerprint density at radius 1 is 1.30 bits per heavy atom. The Kier molecular flexibility index (Phi) is 4.09. The van der Waals surface area contributed by atoms with E-state index in [0.717, 1.165) is 10.2 Å². The first-order valence-electron chi connectivity index (χ1n) is 5.65. The maximum Gasteiger partial charge on any atom is 0.271 e. The maximum atomic E-state index is 10.7. The number of nitrogens with two attached hydrogens (primary N) is 1. The number of hydrogen-bond acceptors (Lipinski definition) is 5. The summed E-state index contributed by atoms with van der Waals surface area (Å²) in [6.07, 6.45) is 0. The van der Waals surface area contributed by atoms with Crippen molar-refractivity contribution in [1.82, 2.24) is 0 Å². The summed E-state index contributed by atoms with van der Waals surface area (Å²) in [5.74, 6) is 0.676. The van der Waals surface area contributed by atoms with Crippen LogP contribution in [-0.2, 0) is 0 Å². The molecule has 3 N–H and O–H groups in total. The van der Waals surface area contributed by atoms with Gasteiger partial charge in [0, 0.05) is 23.9 Å². The normalized spacial score (nSPS) is 10.1. The Morgan fingerprint density at radius 3 is 2.65 bits per heavy atom. The third kappa shape index (κ3) is 3.00. The van der Waals surface area contributed by atoms with Crippen LogP contribution in [0.3, 0.4) is 0 Å². The highest BCUT2D eigenvalue weighted by atomic mass is 79.9. The fourth-order valence-electron chi connectivity index (χ4n) is 1.67. The minimum atomic E-state index is -0.483. The monoisotopic (exact) mass is 337 g/mol. The van der Waals surface area contributed by atoms with Crippen molar-refractivity contribution in [2.24, 2.45) is 0 Å². The largest absolute Gasteiger partial charge is 0.495 e. The fourth-order valence-corrected chi connectivity index (χ4v) is 2.08. The van der Waals surface area contributed by atoms with Gasteiger partial charge in [-0.3, -0.25) is 10.1 Å². The van der Waals surface area contributed by atoms with Gasteiger partial charge in [0.1, 0.15) is 5.75 Å². The van der Waals surface area contributed by atoms with E-state index in [1.54, 1.807) is 19.2 Å². The lowest BCUT2D eigenvalue weighted by Gasteiger charge is -2.11. The fraction of sp³-hybridized carbons (Fsp3) is 0.0769. The van der Waals surface area contributed by atoms with Gasteiger partial charge in [0.2, 0.25) is 0 Å². The van der Waals surface area contributed by atoms with Gasteiger partial charge >= 0.3 is 0 Å². The predicted octanol–water partition coefficient (Wildman–Crippen LogP) is 3.69. The van der Waals surface area contributed by atoms with E-state index in [-0.39, 0.29) is 5.69 Å². The number of nitrogens with one attached hydrogen (secondary N) is 1. The molecule has 0 atom stereocenters. The molecule has 0 aromatic heterocycles. The lowest BCUT2D eigenvalue weighted by atomic mass is 10.2. The molecule has 0 aliphatic carbocycles. The maximum absolute atomic E-state index is 10.7. The number of nitro benzene ring substituents is 1. The molecule has 0 unspecified atom stereocenters. The van der Waals surface area contributed by atoms with Crippen LogP contribution < -0.4 is 15.8 Å². The number of nitrogens with zero attached hydrogens (tertiary/aromatic N) is 1. The van der Waals surface area contributed by atoms with Crippen LogP contribution in [0.25, 0.3) is 0 Å². The van der Waals surface area contributed by atoms with E-state index in [0.29, 0.717) is 17.1 Å². The molecule has 0 aliphatic heterocycles. The average Bonchev–Trinajstić information content (AvgIpc) is 2.42. The Bertz CT molecular complexity index is 661. The highest BCUT2D eigenvalue weighted by molar-refractivity contribution is 9.10. The van der Waals surface area contributed by atoms with Gasteiger partial charge in [-0.1, -0.05) is 0 Å². The standard InChI is InChI=1S/C13H12BrN3O3/c1-20-13-6-8(2-4-10(13)14)16-12-5-3-9(17(18)19)7-11(12)15/h2-7,16H,15H2,1H3. The van der Waals surface area contributed by atoms with Gasteiger partial charge in [-0.25, -0.2) is 0 Å². The highest BCUT2D eigenvalue weighted by Crippen LogP contribution is 2.31. The topological polar surface area (TPSA) is 90.4 Å². The van der Waals surface area contributed by atoms with Gasteiger partial charge in [0.15, 0.2) is 0 Å². The molecule has 0 heterocycles. The van der Waals surface area contributed by atoms with Crippen LogP contribution in [0, 0.1) is 10.1 Å². The van der Waals surface area contributed by atoms with Crippen LogP contribution >= 0.6 is 15.9 Å². The third-order valence-electron chi connectivity index (χ3n) is 2.68. The first-order valence-corrected chi connectivity index (χ1v) is 6.45. The van der Waals surface area contributed by atoms with Gasteiger partial charge < -0.3 is 15.8 Å². The molecule has 7 heteroatoms. The lowest BCUT2D eigenvalue weighted by Crippen LogP contribution is -1.98. The molecule has 0 aliphatic rings. The molecule has 104 valence electrons. The van der Waals surface area contributed by atoms with Crippen molar-refractivity contribution < 1.29 is 9.66 Å². The summed E-state index contributed by atoms with van der Waals surface area (Å²) in [5, 5.41) is 13.7. The molecule has 0 spiro atoms. The minimum absolute atomic E-state index is 0.0403. The second-order valence-electron chi connectivity index (χ2n) is 4.00. The zero-order valence-corrected chi connectivity index (χ0v) is 12.2. The molecule has 2 aromatic rings. The number of nitrogen functional groups attached to an aromatic ring is 1. The van der Waals surface area contributed by atoms with Crippen LogP contribution in [-0.4, -0.2) is 12.0 Å². The summed E-state index contributed by atoms with van der Waals surface area (Å²) >= 11 is 3.36. The Hall–Kier alpha value is -2.28. The number of rotatable bonds is 4. The number of ether oxygens (including phenoxy) is 1. The zero-order valence-electron chi connectivity index (χ0n) is 10.6. The second-order valence-corrected chi connectivity index (χ2v) is 4.86. The van der Waals surface area contributed by atoms with Crippen molar-refractivity contribution in [2.75, 3.05) is 18.2 Å². The van der Waals surface area contributed by atoms with Gasteiger partial charge in [-0.2, -0.15) is 0 Å². The van der Waals surface area contributed by atoms with E-state index >= 15 is 0 Å². The average molecular weight is 338 g/mol. The number of anilines is 3. The number of benzene rings is 2. The molecule has 6 nitrogen and oxygen atoms in total. The van der Waals surface area contributed by atoms with Crippen molar-refractivity contribution in [3.63, 3.8) is 0 Å². The number of hydrogen-bond donors (Lipinski definition) is 2. The predicted molar refractivity (Wildman–Crippen MR) is 81.5 cm³/mol. The molecule has 0 bridgehead atoms. The number of methoxy groups -OCH3 is 1. The molecule has 0 radical (unpaired) electrons. The van der Waals surface area contributed by atoms with Gasteiger partial charge in [-0.15, -0.1) is 0 Å². The van der Waals surface area contributed by atoms with E-state index < -0.39 is 4.92 Å². The van der Waals surface area contributed by atoms with E-state index in [9.17, 15) is 10.1 Å². The third-order valence-corrected chi connectivity index (χ3v) is 3.33. The molecule has 2 aromatic carbocycles. The first-order chi connectivity index (χ1) is 9.51. The zero-order chi connectivity index (χ0) is 14.7. The van der Waals surface area contributed by atoms with E-state index in [4.69, 9.17) is 10.5 Å². The molecular weight excluding hydrogens is 326 g/mol.